The maximum Gasteiger partial charge on any atom is 0.323 e. The average molecular weight is 284 g/mol. The summed E-state index contributed by atoms with van der Waals surface area (Å²) in [5, 5.41) is 7.42. The van der Waals surface area contributed by atoms with Gasteiger partial charge in [-0.25, -0.2) is 0 Å². The van der Waals surface area contributed by atoms with Gasteiger partial charge >= 0.3 is 5.97 Å². The van der Waals surface area contributed by atoms with Crippen molar-refractivity contribution >= 4 is 24.3 Å². The molecule has 3 N–H and O–H groups in total. The van der Waals surface area contributed by atoms with E-state index in [1.165, 1.54) is 0 Å². The van der Waals surface area contributed by atoms with Gasteiger partial charge in [-0.1, -0.05) is 13.8 Å². The molecule has 0 aliphatic heterocycles. The van der Waals surface area contributed by atoms with Crippen molar-refractivity contribution < 1.29 is 19.4 Å². The van der Waals surface area contributed by atoms with Crippen molar-refractivity contribution in [2.45, 2.75) is 59.6 Å². The summed E-state index contributed by atoms with van der Waals surface area (Å²) >= 11 is 0. The molecule has 0 amide bonds. The van der Waals surface area contributed by atoms with Crippen LogP contribution in [0.5, 0.6) is 0 Å². The second-order valence-corrected chi connectivity index (χ2v) is 5.29. The third kappa shape index (κ3) is 20.6. The molecule has 6 heteroatoms. The van der Waals surface area contributed by atoms with Crippen LogP contribution in [-0.2, 0) is 14.3 Å². The number of esters is 1. The van der Waals surface area contributed by atoms with Gasteiger partial charge in [-0.2, -0.15) is 0 Å². The third-order valence-electron chi connectivity index (χ3n) is 1.43. The Morgan fingerprint density at radius 3 is 1.83 bits per heavy atom. The van der Waals surface area contributed by atoms with E-state index < -0.39 is 17.6 Å². The number of hydrogen-bond acceptors (Lipinski definition) is 4. The highest BCUT2D eigenvalue weighted by Crippen LogP contribution is 2.11. The van der Waals surface area contributed by atoms with E-state index in [4.69, 9.17) is 20.4 Å². The Bertz CT molecular complexity index is 245. The summed E-state index contributed by atoms with van der Waals surface area (Å²) in [5.74, 6) is -0.719. The first-order valence-corrected chi connectivity index (χ1v) is 5.63. The predicted molar refractivity (Wildman–Crippen MR) is 73.8 cm³/mol. The van der Waals surface area contributed by atoms with Crippen molar-refractivity contribution in [2.75, 3.05) is 0 Å². The van der Waals surface area contributed by atoms with Gasteiger partial charge in [-0.15, -0.1) is 12.4 Å². The zero-order valence-electron chi connectivity index (χ0n) is 12.0. The number of carbonyl (C=O) groups excluding carboxylic acids is 1. The smallest absolute Gasteiger partial charge is 0.323 e. The number of hydrogen-bond donors (Lipinski definition) is 2. The van der Waals surface area contributed by atoms with Crippen LogP contribution in [-0.4, -0.2) is 28.7 Å². The third-order valence-corrected chi connectivity index (χ3v) is 1.43. The first kappa shape index (κ1) is 22.4. The highest BCUT2D eigenvalue weighted by atomic mass is 35.5. The SMILES string of the molecule is CC(=O)O.CC(C)CC(N)C(=O)OC(C)(C)C.Cl. The fourth-order valence-electron chi connectivity index (χ4n) is 0.982. The molecule has 0 aliphatic rings. The summed E-state index contributed by atoms with van der Waals surface area (Å²) < 4.78 is 5.14. The van der Waals surface area contributed by atoms with Gasteiger partial charge in [0, 0.05) is 6.92 Å². The molecule has 0 spiro atoms. The van der Waals surface area contributed by atoms with Gasteiger partial charge < -0.3 is 15.6 Å². The van der Waals surface area contributed by atoms with Gasteiger partial charge in [0.2, 0.25) is 0 Å². The Morgan fingerprint density at radius 2 is 1.61 bits per heavy atom. The molecule has 5 nitrogen and oxygen atoms in total. The van der Waals surface area contributed by atoms with E-state index in [0.29, 0.717) is 12.3 Å². The summed E-state index contributed by atoms with van der Waals surface area (Å²) in [4.78, 5) is 20.3. The molecule has 0 saturated heterocycles. The Labute approximate surface area is 115 Å². The molecule has 0 aromatic carbocycles. The van der Waals surface area contributed by atoms with E-state index in [1.807, 2.05) is 34.6 Å². The van der Waals surface area contributed by atoms with Gasteiger partial charge in [0.15, 0.2) is 0 Å². The summed E-state index contributed by atoms with van der Waals surface area (Å²) in [6, 6.07) is -0.487. The predicted octanol–water partition coefficient (Wildman–Crippen LogP) is 2.21. The number of carbonyl (C=O) groups is 2. The number of halogens is 1. The van der Waals surface area contributed by atoms with Crippen LogP contribution in [0.1, 0.15) is 48.0 Å². The van der Waals surface area contributed by atoms with E-state index in [2.05, 4.69) is 0 Å². The molecule has 1 atom stereocenters. The minimum atomic E-state index is -0.833. The molecule has 0 heterocycles. The van der Waals surface area contributed by atoms with Crippen LogP contribution < -0.4 is 5.73 Å². The molecule has 0 fully saturated rings. The first-order chi connectivity index (χ1) is 7.45. The quantitative estimate of drug-likeness (QED) is 0.775. The number of nitrogens with two attached hydrogens (primary N) is 1. The van der Waals surface area contributed by atoms with Crippen molar-refractivity contribution in [3.8, 4) is 0 Å². The number of carboxylic acid groups (broad SMARTS) is 1. The second kappa shape index (κ2) is 10.1. The fourth-order valence-corrected chi connectivity index (χ4v) is 0.982. The number of carboxylic acids is 1. The molecular formula is C12H26ClNO4. The van der Waals surface area contributed by atoms with Gasteiger partial charge in [-0.05, 0) is 33.1 Å². The molecule has 1 unspecified atom stereocenters. The Hall–Kier alpha value is -0.810. The van der Waals surface area contributed by atoms with Gasteiger partial charge in [0.25, 0.3) is 5.97 Å². The molecule has 0 aromatic rings. The normalized spacial score (nSPS) is 11.8. The van der Waals surface area contributed by atoms with E-state index in [1.54, 1.807) is 0 Å². The van der Waals surface area contributed by atoms with Crippen LogP contribution in [0.15, 0.2) is 0 Å². The van der Waals surface area contributed by atoms with E-state index in [9.17, 15) is 4.79 Å². The lowest BCUT2D eigenvalue weighted by Gasteiger charge is -2.22. The largest absolute Gasteiger partial charge is 0.481 e. The lowest BCUT2D eigenvalue weighted by molar-refractivity contribution is -0.156. The van der Waals surface area contributed by atoms with Crippen molar-refractivity contribution in [2.24, 2.45) is 11.7 Å². The van der Waals surface area contributed by atoms with E-state index in [0.717, 1.165) is 6.92 Å². The zero-order valence-corrected chi connectivity index (χ0v) is 12.8. The van der Waals surface area contributed by atoms with Gasteiger partial charge in [0.1, 0.15) is 11.6 Å². The number of aliphatic carboxylic acids is 1. The highest BCUT2D eigenvalue weighted by Gasteiger charge is 2.22. The average Bonchev–Trinajstić information content (AvgIpc) is 1.97. The van der Waals surface area contributed by atoms with Crippen molar-refractivity contribution in [3.63, 3.8) is 0 Å². The highest BCUT2D eigenvalue weighted by molar-refractivity contribution is 5.85. The minimum Gasteiger partial charge on any atom is -0.481 e. The summed E-state index contributed by atoms with van der Waals surface area (Å²) in [5.41, 5.74) is 5.21. The number of rotatable bonds is 3. The molecule has 0 bridgehead atoms. The molecule has 18 heavy (non-hydrogen) atoms. The topological polar surface area (TPSA) is 89.6 Å². The second-order valence-electron chi connectivity index (χ2n) is 5.29. The van der Waals surface area contributed by atoms with Crippen molar-refractivity contribution in [3.05, 3.63) is 0 Å². The molecule has 0 radical (unpaired) electrons. The Kier molecular flexibility index (Phi) is 12.6. The van der Waals surface area contributed by atoms with Crippen molar-refractivity contribution in [1.29, 1.82) is 0 Å². The zero-order chi connectivity index (χ0) is 14.2. The fraction of sp³-hybridized carbons (Fsp3) is 0.833. The monoisotopic (exact) mass is 283 g/mol. The standard InChI is InChI=1S/C10H21NO2.C2H4O2.ClH/c1-7(2)6-8(11)9(12)13-10(3,4)5;1-2(3)4;/h7-8H,6,11H2,1-5H3;1H3,(H,3,4);1H. The van der Waals surface area contributed by atoms with Gasteiger partial charge in [0.05, 0.1) is 0 Å². The Balaban J connectivity index is -0.000000392. The number of ether oxygens (including phenoxy) is 1. The van der Waals surface area contributed by atoms with Crippen LogP contribution in [0.25, 0.3) is 0 Å². The van der Waals surface area contributed by atoms with E-state index in [-0.39, 0.29) is 18.4 Å². The lowest BCUT2D eigenvalue weighted by Crippen LogP contribution is -2.38. The van der Waals surface area contributed by atoms with Crippen LogP contribution >= 0.6 is 12.4 Å². The molecule has 0 saturated carbocycles. The van der Waals surface area contributed by atoms with Crippen LogP contribution in [0.3, 0.4) is 0 Å². The summed E-state index contributed by atoms with van der Waals surface area (Å²) in [7, 11) is 0. The van der Waals surface area contributed by atoms with Crippen LogP contribution in [0.2, 0.25) is 0 Å². The van der Waals surface area contributed by atoms with Gasteiger partial charge in [-0.3, -0.25) is 9.59 Å². The molecule has 0 aromatic heterocycles. The molecule has 110 valence electrons. The first-order valence-electron chi connectivity index (χ1n) is 5.63. The lowest BCUT2D eigenvalue weighted by atomic mass is 10.0. The minimum absolute atomic E-state index is 0. The van der Waals surface area contributed by atoms with Crippen LogP contribution in [0.4, 0.5) is 0 Å². The molecule has 0 rings (SSSR count). The maximum absolute atomic E-state index is 11.3. The van der Waals surface area contributed by atoms with E-state index >= 15 is 0 Å². The Morgan fingerprint density at radius 1 is 1.28 bits per heavy atom. The summed E-state index contributed by atoms with van der Waals surface area (Å²) in [6.07, 6.45) is 0.676. The maximum atomic E-state index is 11.3. The molecule has 0 aliphatic carbocycles. The summed E-state index contributed by atoms with van der Waals surface area (Å²) in [6.45, 7) is 10.7. The molecular weight excluding hydrogens is 258 g/mol. The van der Waals surface area contributed by atoms with Crippen LogP contribution in [0, 0.1) is 5.92 Å². The van der Waals surface area contributed by atoms with Crippen molar-refractivity contribution in [1.82, 2.24) is 0 Å².